The zero-order valence-electron chi connectivity index (χ0n) is 14.5. The number of rotatable bonds is 6. The number of hydrogen-bond acceptors (Lipinski definition) is 4. The lowest BCUT2D eigenvalue weighted by Gasteiger charge is -2.16. The smallest absolute Gasteiger partial charge is 0.238 e. The first kappa shape index (κ1) is 17.8. The molecule has 3 aromatic carbocycles. The Kier molecular flexibility index (Phi) is 5.51. The van der Waals surface area contributed by atoms with Crippen molar-refractivity contribution >= 4 is 39.2 Å². The van der Waals surface area contributed by atoms with Gasteiger partial charge in [0, 0.05) is 4.90 Å². The molecule has 1 heterocycles. The molecule has 1 amide bonds. The third-order valence-corrected chi connectivity index (χ3v) is 6.39. The summed E-state index contributed by atoms with van der Waals surface area (Å²) in [5, 5.41) is 3.68. The number of carbonyl (C=O) groups is 1. The molecule has 134 valence electrons. The van der Waals surface area contributed by atoms with Crippen LogP contribution in [0.15, 0.2) is 89.8 Å². The first-order valence-electron chi connectivity index (χ1n) is 8.68. The SMILES string of the molecule is O=C(NCc1nc2ccccc2s1)C(Sc1ccccc1)c1ccccc1. The van der Waals surface area contributed by atoms with Crippen LogP contribution in [0.4, 0.5) is 0 Å². The van der Waals surface area contributed by atoms with E-state index in [0.717, 1.165) is 25.7 Å². The summed E-state index contributed by atoms with van der Waals surface area (Å²) in [6.45, 7) is 0.441. The number of nitrogens with one attached hydrogen (secondary N) is 1. The fourth-order valence-corrected chi connectivity index (χ4v) is 4.76. The molecule has 1 N–H and O–H groups in total. The molecule has 0 bridgehead atoms. The number of thiazole rings is 1. The van der Waals surface area contributed by atoms with E-state index in [1.807, 2.05) is 78.9 Å². The second-order valence-corrected chi connectivity index (χ2v) is 8.31. The van der Waals surface area contributed by atoms with Gasteiger partial charge in [0.15, 0.2) is 0 Å². The van der Waals surface area contributed by atoms with Crippen LogP contribution < -0.4 is 5.32 Å². The van der Waals surface area contributed by atoms with Gasteiger partial charge in [-0.3, -0.25) is 4.79 Å². The van der Waals surface area contributed by atoms with Crippen LogP contribution >= 0.6 is 23.1 Å². The summed E-state index contributed by atoms with van der Waals surface area (Å²) in [6.07, 6.45) is 0. The molecule has 4 rings (SSSR count). The molecule has 0 saturated heterocycles. The quantitative estimate of drug-likeness (QED) is 0.445. The molecule has 4 aromatic rings. The number of benzene rings is 3. The Morgan fingerprint density at radius 2 is 1.59 bits per heavy atom. The highest BCUT2D eigenvalue weighted by Crippen LogP contribution is 2.35. The Bertz CT molecular complexity index is 999. The maximum atomic E-state index is 13.0. The second-order valence-electron chi connectivity index (χ2n) is 6.01. The number of nitrogens with zero attached hydrogens (tertiary/aromatic N) is 1. The van der Waals surface area contributed by atoms with Crippen LogP contribution in [0.2, 0.25) is 0 Å². The number of fused-ring (bicyclic) bond motifs is 1. The average Bonchev–Trinajstić information content (AvgIpc) is 3.15. The Morgan fingerprint density at radius 3 is 2.33 bits per heavy atom. The zero-order valence-corrected chi connectivity index (χ0v) is 16.2. The van der Waals surface area contributed by atoms with Crippen molar-refractivity contribution in [2.45, 2.75) is 16.7 Å². The number of aromatic nitrogens is 1. The number of hydrogen-bond donors (Lipinski definition) is 1. The summed E-state index contributed by atoms with van der Waals surface area (Å²) in [5.41, 5.74) is 1.97. The highest BCUT2D eigenvalue weighted by atomic mass is 32.2. The maximum absolute atomic E-state index is 13.0. The van der Waals surface area contributed by atoms with Gasteiger partial charge in [0.1, 0.15) is 10.3 Å². The van der Waals surface area contributed by atoms with Gasteiger partial charge in [-0.25, -0.2) is 4.98 Å². The summed E-state index contributed by atoms with van der Waals surface area (Å²) >= 11 is 3.18. The first-order chi connectivity index (χ1) is 13.3. The predicted molar refractivity (Wildman–Crippen MR) is 113 cm³/mol. The van der Waals surface area contributed by atoms with Crippen LogP contribution in [0.3, 0.4) is 0 Å². The Morgan fingerprint density at radius 1 is 0.926 bits per heavy atom. The van der Waals surface area contributed by atoms with Crippen molar-refractivity contribution in [3.8, 4) is 0 Å². The third kappa shape index (κ3) is 4.38. The standard InChI is InChI=1S/C22H18N2OS2/c25-22(23-15-20-24-18-13-7-8-14-19(18)27-20)21(16-9-3-1-4-10-16)26-17-11-5-2-6-12-17/h1-14,21H,15H2,(H,23,25). The maximum Gasteiger partial charge on any atom is 0.238 e. The van der Waals surface area contributed by atoms with Gasteiger partial charge in [0.2, 0.25) is 5.91 Å². The number of carbonyl (C=O) groups excluding carboxylic acids is 1. The minimum Gasteiger partial charge on any atom is -0.348 e. The topological polar surface area (TPSA) is 42.0 Å². The van der Waals surface area contributed by atoms with Crippen molar-refractivity contribution in [3.05, 3.63) is 95.5 Å². The van der Waals surface area contributed by atoms with Gasteiger partial charge in [-0.05, 0) is 29.8 Å². The van der Waals surface area contributed by atoms with Crippen LogP contribution in [-0.2, 0) is 11.3 Å². The molecule has 27 heavy (non-hydrogen) atoms. The van der Waals surface area contributed by atoms with Gasteiger partial charge in [0.25, 0.3) is 0 Å². The molecule has 3 nitrogen and oxygen atoms in total. The van der Waals surface area contributed by atoms with E-state index in [0.29, 0.717) is 6.54 Å². The number of thioether (sulfide) groups is 1. The van der Waals surface area contributed by atoms with Crippen LogP contribution in [0.5, 0.6) is 0 Å². The molecular weight excluding hydrogens is 372 g/mol. The van der Waals surface area contributed by atoms with E-state index in [2.05, 4.69) is 16.4 Å². The van der Waals surface area contributed by atoms with E-state index < -0.39 is 0 Å². The molecule has 0 saturated carbocycles. The Labute approximate surface area is 166 Å². The van der Waals surface area contributed by atoms with E-state index in [1.54, 1.807) is 23.1 Å². The summed E-state index contributed by atoms with van der Waals surface area (Å²) in [7, 11) is 0. The van der Waals surface area contributed by atoms with Gasteiger partial charge in [0.05, 0.1) is 16.8 Å². The lowest BCUT2D eigenvalue weighted by molar-refractivity contribution is -0.120. The summed E-state index contributed by atoms with van der Waals surface area (Å²) < 4.78 is 1.14. The van der Waals surface area contributed by atoms with Gasteiger partial charge in [-0.1, -0.05) is 60.7 Å². The first-order valence-corrected chi connectivity index (χ1v) is 10.4. The third-order valence-electron chi connectivity index (χ3n) is 4.09. The van der Waals surface area contributed by atoms with E-state index in [-0.39, 0.29) is 11.2 Å². The Hall–Kier alpha value is -2.63. The highest BCUT2D eigenvalue weighted by molar-refractivity contribution is 8.00. The van der Waals surface area contributed by atoms with E-state index >= 15 is 0 Å². The molecule has 0 radical (unpaired) electrons. The predicted octanol–water partition coefficient (Wildman–Crippen LogP) is 5.45. The van der Waals surface area contributed by atoms with Crippen LogP contribution in [0, 0.1) is 0 Å². The van der Waals surface area contributed by atoms with Gasteiger partial charge < -0.3 is 5.32 Å². The molecule has 0 fully saturated rings. The highest BCUT2D eigenvalue weighted by Gasteiger charge is 2.22. The fourth-order valence-electron chi connectivity index (χ4n) is 2.79. The van der Waals surface area contributed by atoms with Crippen LogP contribution in [-0.4, -0.2) is 10.9 Å². The van der Waals surface area contributed by atoms with Crippen molar-refractivity contribution in [3.63, 3.8) is 0 Å². The molecule has 0 aliphatic heterocycles. The largest absolute Gasteiger partial charge is 0.348 e. The van der Waals surface area contributed by atoms with Crippen molar-refractivity contribution in [1.82, 2.24) is 10.3 Å². The minimum absolute atomic E-state index is 0.00527. The second kappa shape index (κ2) is 8.37. The van der Waals surface area contributed by atoms with Crippen molar-refractivity contribution in [2.24, 2.45) is 0 Å². The molecule has 1 aromatic heterocycles. The van der Waals surface area contributed by atoms with E-state index in [4.69, 9.17) is 0 Å². The van der Waals surface area contributed by atoms with Crippen molar-refractivity contribution < 1.29 is 4.79 Å². The van der Waals surface area contributed by atoms with E-state index in [9.17, 15) is 4.79 Å². The van der Waals surface area contributed by atoms with Crippen LogP contribution in [0.1, 0.15) is 15.8 Å². The molecule has 1 unspecified atom stereocenters. The van der Waals surface area contributed by atoms with E-state index in [1.165, 1.54) is 0 Å². The summed E-state index contributed by atoms with van der Waals surface area (Å²) in [4.78, 5) is 18.7. The molecule has 0 aliphatic rings. The zero-order chi connectivity index (χ0) is 18.5. The lowest BCUT2D eigenvalue weighted by Crippen LogP contribution is -2.27. The summed E-state index contributed by atoms with van der Waals surface area (Å²) in [5.74, 6) is -0.00527. The number of para-hydroxylation sites is 1. The normalized spacial score (nSPS) is 12.0. The Balaban J connectivity index is 1.51. The molecule has 0 spiro atoms. The average molecular weight is 391 g/mol. The van der Waals surface area contributed by atoms with Gasteiger partial charge in [-0.2, -0.15) is 0 Å². The monoisotopic (exact) mass is 390 g/mol. The van der Waals surface area contributed by atoms with Crippen molar-refractivity contribution in [2.75, 3.05) is 0 Å². The minimum atomic E-state index is -0.303. The van der Waals surface area contributed by atoms with Crippen LogP contribution in [0.25, 0.3) is 10.2 Å². The fraction of sp³-hybridized carbons (Fsp3) is 0.0909. The van der Waals surface area contributed by atoms with Crippen molar-refractivity contribution in [1.29, 1.82) is 0 Å². The molecule has 5 heteroatoms. The lowest BCUT2D eigenvalue weighted by atomic mass is 10.1. The number of amides is 1. The molecule has 1 atom stereocenters. The van der Waals surface area contributed by atoms with Gasteiger partial charge >= 0.3 is 0 Å². The molecule has 0 aliphatic carbocycles. The summed E-state index contributed by atoms with van der Waals surface area (Å²) in [6, 6.07) is 27.9. The molecular formula is C22H18N2OS2. The van der Waals surface area contributed by atoms with Gasteiger partial charge in [-0.15, -0.1) is 23.1 Å².